The van der Waals surface area contributed by atoms with Gasteiger partial charge in [0.1, 0.15) is 6.33 Å². The number of rotatable bonds is 2. The van der Waals surface area contributed by atoms with Crippen LogP contribution in [-0.4, -0.2) is 21.0 Å². The van der Waals surface area contributed by atoms with Gasteiger partial charge in [-0.2, -0.15) is 5.26 Å². The number of aliphatic imine (C=N–C) groups is 1. The fourth-order valence-electron chi connectivity index (χ4n) is 2.34. The summed E-state index contributed by atoms with van der Waals surface area (Å²) in [5.74, 6) is 0. The number of hydrogen-bond donors (Lipinski definition) is 1. The summed E-state index contributed by atoms with van der Waals surface area (Å²) in [6.45, 7) is 2.07. The summed E-state index contributed by atoms with van der Waals surface area (Å²) in [5.41, 5.74) is 4.94. The molecule has 1 aromatic heterocycles. The van der Waals surface area contributed by atoms with Gasteiger partial charge >= 0.3 is 0 Å². The van der Waals surface area contributed by atoms with Crippen molar-refractivity contribution in [2.45, 2.75) is 6.92 Å². The quantitative estimate of drug-likeness (QED) is 0.338. The molecule has 0 aliphatic heterocycles. The smallest absolute Gasteiger partial charge is 0.183 e. The van der Waals surface area contributed by atoms with Crippen molar-refractivity contribution in [2.75, 3.05) is 6.26 Å². The van der Waals surface area contributed by atoms with Crippen molar-refractivity contribution in [3.8, 4) is 11.9 Å². The van der Waals surface area contributed by atoms with Gasteiger partial charge in [0, 0.05) is 5.69 Å². The van der Waals surface area contributed by atoms with Gasteiger partial charge in [-0.1, -0.05) is 23.9 Å². The summed E-state index contributed by atoms with van der Waals surface area (Å²) in [7, 11) is 0. The lowest BCUT2D eigenvalue weighted by atomic mass is 10.2. The van der Waals surface area contributed by atoms with Gasteiger partial charge in [0.05, 0.1) is 16.7 Å². The molecule has 0 amide bonds. The Hall–Kier alpha value is -2.78. The second kappa shape index (κ2) is 6.55. The minimum Gasteiger partial charge on any atom is -0.299 e. The molecule has 0 aliphatic carbocycles. The molecule has 23 heavy (non-hydrogen) atoms. The van der Waals surface area contributed by atoms with Crippen LogP contribution in [0.25, 0.3) is 16.7 Å². The van der Waals surface area contributed by atoms with Crippen LogP contribution in [0.15, 0.2) is 53.8 Å². The summed E-state index contributed by atoms with van der Waals surface area (Å²) in [6.07, 6.45) is 5.57. The van der Waals surface area contributed by atoms with Crippen molar-refractivity contribution >= 4 is 33.7 Å². The molecular weight excluding hydrogens is 306 g/mol. The van der Waals surface area contributed by atoms with Crippen molar-refractivity contribution in [2.24, 2.45) is 4.99 Å². The van der Waals surface area contributed by atoms with E-state index in [1.165, 1.54) is 17.3 Å². The lowest BCUT2D eigenvalue weighted by molar-refractivity contribution is 1.09. The van der Waals surface area contributed by atoms with E-state index in [0.717, 1.165) is 22.4 Å². The minimum absolute atomic E-state index is 0.560. The van der Waals surface area contributed by atoms with Crippen LogP contribution in [0.2, 0.25) is 0 Å². The molecule has 3 aromatic rings. The van der Waals surface area contributed by atoms with E-state index in [-0.39, 0.29) is 0 Å². The summed E-state index contributed by atoms with van der Waals surface area (Å²) < 4.78 is 2.05. The maximum absolute atomic E-state index is 8.70. The van der Waals surface area contributed by atoms with E-state index in [1.807, 2.05) is 43.0 Å². The zero-order valence-electron chi connectivity index (χ0n) is 12.8. The highest BCUT2D eigenvalue weighted by Crippen LogP contribution is 2.24. The Morgan fingerprint density at radius 1 is 1.30 bits per heavy atom. The van der Waals surface area contributed by atoms with Gasteiger partial charge in [-0.05, 0) is 49.1 Å². The SMILES string of the molecule is CSC(=Nc1ccc2c(c1)ncn2-c1cccc(C)c1)NC#N. The Morgan fingerprint density at radius 2 is 2.17 bits per heavy atom. The molecule has 5 nitrogen and oxygen atoms in total. The molecule has 0 fully saturated rings. The van der Waals surface area contributed by atoms with Gasteiger partial charge in [-0.3, -0.25) is 9.88 Å². The standard InChI is InChI=1S/C17H15N5S/c1-12-4-3-5-14(8-12)22-11-20-15-9-13(6-7-16(15)22)21-17(23-2)19-10-18/h3-9,11H,1-2H3,(H,19,21). The van der Waals surface area contributed by atoms with Crippen molar-refractivity contribution in [1.29, 1.82) is 5.26 Å². The predicted molar refractivity (Wildman–Crippen MR) is 95.2 cm³/mol. The Morgan fingerprint density at radius 3 is 2.91 bits per heavy atom. The van der Waals surface area contributed by atoms with Crippen LogP contribution in [0.1, 0.15) is 5.56 Å². The molecule has 1 heterocycles. The monoisotopic (exact) mass is 321 g/mol. The van der Waals surface area contributed by atoms with E-state index in [4.69, 9.17) is 5.26 Å². The van der Waals surface area contributed by atoms with Gasteiger partial charge in [-0.15, -0.1) is 0 Å². The van der Waals surface area contributed by atoms with E-state index >= 15 is 0 Å². The number of nitriles is 1. The molecule has 0 aliphatic rings. The molecule has 0 radical (unpaired) electrons. The zero-order valence-corrected chi connectivity index (χ0v) is 13.6. The number of nitrogens with one attached hydrogen (secondary N) is 1. The Balaban J connectivity index is 2.02. The highest BCUT2D eigenvalue weighted by Gasteiger charge is 2.06. The number of aromatic nitrogens is 2. The number of benzene rings is 2. The molecule has 1 N–H and O–H groups in total. The third kappa shape index (κ3) is 3.20. The second-order valence-electron chi connectivity index (χ2n) is 4.98. The summed E-state index contributed by atoms with van der Waals surface area (Å²) in [5, 5.41) is 11.8. The van der Waals surface area contributed by atoms with E-state index < -0.39 is 0 Å². The van der Waals surface area contributed by atoms with Crippen LogP contribution < -0.4 is 5.32 Å². The van der Waals surface area contributed by atoms with Crippen molar-refractivity contribution in [1.82, 2.24) is 14.9 Å². The molecule has 0 bridgehead atoms. The first kappa shape index (κ1) is 15.1. The average molecular weight is 321 g/mol. The maximum atomic E-state index is 8.70. The van der Waals surface area contributed by atoms with Crippen molar-refractivity contribution in [3.05, 3.63) is 54.4 Å². The number of thioether (sulfide) groups is 1. The first-order valence-corrected chi connectivity index (χ1v) is 8.25. The normalized spacial score (nSPS) is 11.4. The van der Waals surface area contributed by atoms with Gasteiger partial charge in [0.2, 0.25) is 0 Å². The van der Waals surface area contributed by atoms with E-state index in [9.17, 15) is 0 Å². The number of amidine groups is 1. The maximum Gasteiger partial charge on any atom is 0.183 e. The molecule has 0 unspecified atom stereocenters. The zero-order chi connectivity index (χ0) is 16.2. The number of aryl methyl sites for hydroxylation is 1. The summed E-state index contributed by atoms with van der Waals surface area (Å²) in [4.78, 5) is 8.88. The van der Waals surface area contributed by atoms with E-state index in [1.54, 1.807) is 0 Å². The van der Waals surface area contributed by atoms with Gasteiger partial charge in [0.15, 0.2) is 11.4 Å². The highest BCUT2D eigenvalue weighted by molar-refractivity contribution is 8.13. The van der Waals surface area contributed by atoms with Crippen LogP contribution in [0.3, 0.4) is 0 Å². The van der Waals surface area contributed by atoms with Crippen LogP contribution in [0.4, 0.5) is 5.69 Å². The summed E-state index contributed by atoms with van der Waals surface area (Å²) in [6, 6.07) is 14.1. The van der Waals surface area contributed by atoms with Crippen LogP contribution in [-0.2, 0) is 0 Å². The van der Waals surface area contributed by atoms with E-state index in [0.29, 0.717) is 5.17 Å². The summed E-state index contributed by atoms with van der Waals surface area (Å²) >= 11 is 1.39. The van der Waals surface area contributed by atoms with Gasteiger partial charge in [0.25, 0.3) is 0 Å². The largest absolute Gasteiger partial charge is 0.299 e. The van der Waals surface area contributed by atoms with Crippen molar-refractivity contribution in [3.63, 3.8) is 0 Å². The fourth-order valence-corrected chi connectivity index (χ4v) is 2.69. The molecule has 2 aromatic carbocycles. The Kier molecular flexibility index (Phi) is 4.31. The predicted octanol–water partition coefficient (Wildman–Crippen LogP) is 3.76. The third-order valence-electron chi connectivity index (χ3n) is 3.40. The molecule has 0 saturated carbocycles. The molecule has 0 saturated heterocycles. The van der Waals surface area contributed by atoms with Crippen molar-refractivity contribution < 1.29 is 0 Å². The highest BCUT2D eigenvalue weighted by atomic mass is 32.2. The molecular formula is C17H15N5S. The first-order chi connectivity index (χ1) is 11.2. The number of nitrogens with zero attached hydrogens (tertiary/aromatic N) is 4. The van der Waals surface area contributed by atoms with Crippen LogP contribution in [0.5, 0.6) is 0 Å². The third-order valence-corrected chi connectivity index (χ3v) is 3.98. The fraction of sp³-hybridized carbons (Fsp3) is 0.118. The molecule has 0 atom stereocenters. The molecule has 114 valence electrons. The van der Waals surface area contributed by atoms with Gasteiger partial charge in [-0.25, -0.2) is 9.98 Å². The second-order valence-corrected chi connectivity index (χ2v) is 5.78. The number of imidazole rings is 1. The Bertz CT molecular complexity index is 920. The Labute approximate surface area is 138 Å². The molecule has 3 rings (SSSR count). The molecule has 6 heteroatoms. The molecule has 0 spiro atoms. The topological polar surface area (TPSA) is 66.0 Å². The van der Waals surface area contributed by atoms with E-state index in [2.05, 4.69) is 45.0 Å². The lowest BCUT2D eigenvalue weighted by Gasteiger charge is -2.05. The number of fused-ring (bicyclic) bond motifs is 1. The van der Waals surface area contributed by atoms with Gasteiger partial charge < -0.3 is 0 Å². The van der Waals surface area contributed by atoms with Crippen LogP contribution in [0, 0.1) is 18.4 Å². The first-order valence-electron chi connectivity index (χ1n) is 7.03. The number of hydrogen-bond acceptors (Lipinski definition) is 4. The minimum atomic E-state index is 0.560. The van der Waals surface area contributed by atoms with Crippen LogP contribution >= 0.6 is 11.8 Å². The lowest BCUT2D eigenvalue weighted by Crippen LogP contribution is -2.12. The average Bonchev–Trinajstić information content (AvgIpc) is 2.97.